The third-order valence-electron chi connectivity index (χ3n) is 4.60. The van der Waals surface area contributed by atoms with E-state index in [9.17, 15) is 14.4 Å². The number of para-hydroxylation sites is 1. The number of hydrogen-bond acceptors (Lipinski definition) is 4. The molecule has 1 heterocycles. The molecular formula is C18H24N4O3. The standard InChI is InChI=1S/C18H24N4O3/c1-2-21(12-16(23)20-18(25)19-13-8-9-13)15-10-11-22(17(15)24)14-6-4-3-5-7-14/h3-7,13,15H,2,8-12H2,1H3,(H2,19,20,23,25). The van der Waals surface area contributed by atoms with Gasteiger partial charge in [0.05, 0.1) is 12.6 Å². The summed E-state index contributed by atoms with van der Waals surface area (Å²) in [4.78, 5) is 40.1. The summed E-state index contributed by atoms with van der Waals surface area (Å²) in [6.45, 7) is 3.15. The second-order valence-corrected chi connectivity index (χ2v) is 6.49. The number of imide groups is 1. The van der Waals surface area contributed by atoms with E-state index in [1.54, 1.807) is 4.90 Å². The summed E-state index contributed by atoms with van der Waals surface area (Å²) >= 11 is 0. The summed E-state index contributed by atoms with van der Waals surface area (Å²) in [6.07, 6.45) is 2.60. The first-order chi connectivity index (χ1) is 12.1. The van der Waals surface area contributed by atoms with Crippen molar-refractivity contribution < 1.29 is 14.4 Å². The highest BCUT2D eigenvalue weighted by atomic mass is 16.2. The molecule has 2 fully saturated rings. The Morgan fingerprint density at radius 2 is 1.92 bits per heavy atom. The number of carbonyl (C=O) groups is 3. The van der Waals surface area contributed by atoms with E-state index in [-0.39, 0.29) is 30.4 Å². The summed E-state index contributed by atoms with van der Waals surface area (Å²) in [5.41, 5.74) is 0.874. The topological polar surface area (TPSA) is 81.8 Å². The van der Waals surface area contributed by atoms with E-state index in [0.717, 1.165) is 18.5 Å². The zero-order chi connectivity index (χ0) is 17.8. The molecule has 2 aliphatic rings. The van der Waals surface area contributed by atoms with E-state index in [1.165, 1.54) is 0 Å². The van der Waals surface area contributed by atoms with Crippen LogP contribution in [0, 0.1) is 0 Å². The molecule has 1 aliphatic heterocycles. The van der Waals surface area contributed by atoms with Gasteiger partial charge in [0, 0.05) is 18.3 Å². The molecule has 2 N–H and O–H groups in total. The quantitative estimate of drug-likeness (QED) is 0.810. The average molecular weight is 344 g/mol. The van der Waals surface area contributed by atoms with E-state index in [1.807, 2.05) is 42.2 Å². The van der Waals surface area contributed by atoms with Crippen LogP contribution < -0.4 is 15.5 Å². The van der Waals surface area contributed by atoms with Crippen molar-refractivity contribution in [3.63, 3.8) is 0 Å². The Balaban J connectivity index is 1.56. The first kappa shape index (κ1) is 17.4. The molecule has 7 nitrogen and oxygen atoms in total. The Bertz CT molecular complexity index is 645. The van der Waals surface area contributed by atoms with Crippen molar-refractivity contribution in [2.45, 2.75) is 38.3 Å². The monoisotopic (exact) mass is 344 g/mol. The Morgan fingerprint density at radius 1 is 1.20 bits per heavy atom. The molecule has 1 saturated heterocycles. The Hall–Kier alpha value is -2.41. The van der Waals surface area contributed by atoms with Crippen LogP contribution in [0.4, 0.5) is 10.5 Å². The molecule has 0 bridgehead atoms. The summed E-state index contributed by atoms with van der Waals surface area (Å²) in [5, 5.41) is 5.06. The van der Waals surface area contributed by atoms with Gasteiger partial charge in [-0.2, -0.15) is 0 Å². The molecule has 1 aromatic rings. The molecule has 0 radical (unpaired) electrons. The number of benzene rings is 1. The van der Waals surface area contributed by atoms with Crippen LogP contribution in [0.2, 0.25) is 0 Å². The van der Waals surface area contributed by atoms with Gasteiger partial charge >= 0.3 is 6.03 Å². The van der Waals surface area contributed by atoms with Gasteiger partial charge in [0.1, 0.15) is 0 Å². The summed E-state index contributed by atoms with van der Waals surface area (Å²) in [7, 11) is 0. The third kappa shape index (κ3) is 4.36. The summed E-state index contributed by atoms with van der Waals surface area (Å²) in [5.74, 6) is -0.380. The normalized spacial score (nSPS) is 20.0. The van der Waals surface area contributed by atoms with Crippen LogP contribution in [0.3, 0.4) is 0 Å². The van der Waals surface area contributed by atoms with Gasteiger partial charge in [0.15, 0.2) is 0 Å². The molecule has 25 heavy (non-hydrogen) atoms. The first-order valence-electron chi connectivity index (χ1n) is 8.79. The SMILES string of the molecule is CCN(CC(=O)NC(=O)NC1CC1)C1CCN(c2ccccc2)C1=O. The van der Waals surface area contributed by atoms with Crippen LogP contribution in [0.5, 0.6) is 0 Å². The number of likely N-dealkylation sites (N-methyl/N-ethyl adjacent to an activating group) is 1. The molecule has 3 rings (SSSR count). The summed E-state index contributed by atoms with van der Waals surface area (Å²) in [6, 6.07) is 8.95. The van der Waals surface area contributed by atoms with Crippen LogP contribution in [0.15, 0.2) is 30.3 Å². The van der Waals surface area contributed by atoms with Crippen molar-refractivity contribution in [2.75, 3.05) is 24.5 Å². The van der Waals surface area contributed by atoms with E-state index >= 15 is 0 Å². The van der Waals surface area contributed by atoms with Crippen molar-refractivity contribution in [1.29, 1.82) is 0 Å². The largest absolute Gasteiger partial charge is 0.335 e. The maximum absolute atomic E-state index is 12.7. The molecule has 134 valence electrons. The first-order valence-corrected chi connectivity index (χ1v) is 8.79. The minimum absolute atomic E-state index is 0.00304. The number of anilines is 1. The second-order valence-electron chi connectivity index (χ2n) is 6.49. The predicted octanol–water partition coefficient (Wildman–Crippen LogP) is 1.10. The van der Waals surface area contributed by atoms with Crippen molar-refractivity contribution in [1.82, 2.24) is 15.5 Å². The zero-order valence-electron chi connectivity index (χ0n) is 14.4. The maximum atomic E-state index is 12.7. The van der Waals surface area contributed by atoms with Gasteiger partial charge in [-0.1, -0.05) is 25.1 Å². The van der Waals surface area contributed by atoms with Gasteiger partial charge < -0.3 is 10.2 Å². The fraction of sp³-hybridized carbons (Fsp3) is 0.500. The smallest absolute Gasteiger partial charge is 0.321 e. The minimum Gasteiger partial charge on any atom is -0.335 e. The highest BCUT2D eigenvalue weighted by Crippen LogP contribution is 2.24. The number of carbonyl (C=O) groups excluding carboxylic acids is 3. The number of rotatable bonds is 6. The molecule has 1 aromatic carbocycles. The van der Waals surface area contributed by atoms with Gasteiger partial charge in [-0.25, -0.2) is 4.79 Å². The number of urea groups is 1. The predicted molar refractivity (Wildman–Crippen MR) is 94.1 cm³/mol. The Labute approximate surface area is 147 Å². The van der Waals surface area contributed by atoms with Crippen LogP contribution in [-0.2, 0) is 9.59 Å². The molecule has 7 heteroatoms. The van der Waals surface area contributed by atoms with Crippen molar-refractivity contribution in [3.05, 3.63) is 30.3 Å². The molecule has 1 atom stereocenters. The molecule has 1 unspecified atom stereocenters. The highest BCUT2D eigenvalue weighted by Gasteiger charge is 2.36. The minimum atomic E-state index is -0.452. The Morgan fingerprint density at radius 3 is 2.56 bits per heavy atom. The average Bonchev–Trinajstić information content (AvgIpc) is 3.33. The molecular weight excluding hydrogens is 320 g/mol. The van der Waals surface area contributed by atoms with E-state index in [4.69, 9.17) is 0 Å². The molecule has 4 amide bonds. The molecule has 0 spiro atoms. The lowest BCUT2D eigenvalue weighted by molar-refractivity contribution is -0.125. The third-order valence-corrected chi connectivity index (χ3v) is 4.60. The Kier molecular flexibility index (Phi) is 5.33. The van der Waals surface area contributed by atoms with Gasteiger partial charge in [0.25, 0.3) is 0 Å². The van der Waals surface area contributed by atoms with E-state index in [2.05, 4.69) is 10.6 Å². The van der Waals surface area contributed by atoms with E-state index < -0.39 is 6.03 Å². The van der Waals surface area contributed by atoms with E-state index in [0.29, 0.717) is 19.5 Å². The number of nitrogens with one attached hydrogen (secondary N) is 2. The lowest BCUT2D eigenvalue weighted by Gasteiger charge is -2.26. The van der Waals surface area contributed by atoms with Crippen LogP contribution in [0.25, 0.3) is 0 Å². The maximum Gasteiger partial charge on any atom is 0.321 e. The molecule has 1 saturated carbocycles. The van der Waals surface area contributed by atoms with Crippen LogP contribution >= 0.6 is 0 Å². The zero-order valence-corrected chi connectivity index (χ0v) is 14.4. The van der Waals surface area contributed by atoms with Gasteiger partial charge in [-0.15, -0.1) is 0 Å². The fourth-order valence-electron chi connectivity index (χ4n) is 3.11. The van der Waals surface area contributed by atoms with Crippen molar-refractivity contribution in [2.24, 2.45) is 0 Å². The van der Waals surface area contributed by atoms with Crippen molar-refractivity contribution >= 4 is 23.5 Å². The molecule has 1 aliphatic carbocycles. The highest BCUT2D eigenvalue weighted by molar-refractivity contribution is 6.00. The van der Waals surface area contributed by atoms with Crippen molar-refractivity contribution in [3.8, 4) is 0 Å². The second kappa shape index (κ2) is 7.65. The van der Waals surface area contributed by atoms with Gasteiger partial charge in [-0.05, 0) is 37.9 Å². The van der Waals surface area contributed by atoms with Gasteiger partial charge in [0.2, 0.25) is 11.8 Å². The molecule has 0 aromatic heterocycles. The summed E-state index contributed by atoms with van der Waals surface area (Å²) < 4.78 is 0. The number of hydrogen-bond donors (Lipinski definition) is 2. The number of amides is 4. The number of nitrogens with zero attached hydrogens (tertiary/aromatic N) is 2. The van der Waals surface area contributed by atoms with Crippen LogP contribution in [0.1, 0.15) is 26.2 Å². The van der Waals surface area contributed by atoms with Gasteiger partial charge in [-0.3, -0.25) is 19.8 Å². The lowest BCUT2D eigenvalue weighted by atomic mass is 10.2. The lowest BCUT2D eigenvalue weighted by Crippen LogP contribution is -2.49. The fourth-order valence-corrected chi connectivity index (χ4v) is 3.11. The van der Waals surface area contributed by atoms with Crippen LogP contribution in [-0.4, -0.2) is 54.5 Å².